The number of thiophene rings is 1. The summed E-state index contributed by atoms with van der Waals surface area (Å²) in [6.45, 7) is 6.61. The normalized spacial score (nSPS) is 19.5. The third-order valence-corrected chi connectivity index (χ3v) is 6.09. The van der Waals surface area contributed by atoms with E-state index in [-0.39, 0.29) is 11.9 Å². The number of hydrogen-bond donors (Lipinski definition) is 0. The van der Waals surface area contributed by atoms with E-state index in [1.54, 1.807) is 4.90 Å². The molecule has 6 heteroatoms. The average Bonchev–Trinajstić information content (AvgIpc) is 3.13. The second-order valence-corrected chi connectivity index (χ2v) is 8.54. The molecule has 2 aromatic rings. The molecule has 1 saturated heterocycles. The van der Waals surface area contributed by atoms with E-state index in [9.17, 15) is 9.59 Å². The van der Waals surface area contributed by atoms with Crippen LogP contribution >= 0.6 is 11.3 Å². The molecule has 28 heavy (non-hydrogen) atoms. The lowest BCUT2D eigenvalue weighted by Crippen LogP contribution is -2.46. The fourth-order valence-corrected chi connectivity index (χ4v) is 4.50. The van der Waals surface area contributed by atoms with Crippen molar-refractivity contribution in [2.24, 2.45) is 5.92 Å². The summed E-state index contributed by atoms with van der Waals surface area (Å²) in [6.07, 6.45) is 1.20. The van der Waals surface area contributed by atoms with Crippen LogP contribution in [-0.4, -0.2) is 37.7 Å². The summed E-state index contributed by atoms with van der Waals surface area (Å²) in [5, 5.41) is 0. The van der Waals surface area contributed by atoms with Gasteiger partial charge in [-0.25, -0.2) is 4.79 Å². The van der Waals surface area contributed by atoms with Gasteiger partial charge in [0.15, 0.2) is 0 Å². The Balaban J connectivity index is 2.00. The maximum Gasteiger partial charge on any atom is 0.350 e. The van der Waals surface area contributed by atoms with Crippen molar-refractivity contribution in [3.05, 3.63) is 41.3 Å². The topological polar surface area (TPSA) is 55.8 Å². The van der Waals surface area contributed by atoms with E-state index in [0.717, 1.165) is 16.9 Å². The standard InChI is InChI=1S/C22H27NO4S/c1-14(2)23(21(24)18-11-10-15(3)13-27-18)17-12-19(16-8-6-5-7-9-16)28-20(17)22(25)26-4/h5-9,12,14-15,18H,10-11,13H2,1-4H3. The monoisotopic (exact) mass is 401 g/mol. The minimum atomic E-state index is -0.468. The molecule has 1 fully saturated rings. The van der Waals surface area contributed by atoms with Crippen LogP contribution in [0.5, 0.6) is 0 Å². The summed E-state index contributed by atoms with van der Waals surface area (Å²) >= 11 is 1.35. The van der Waals surface area contributed by atoms with Gasteiger partial charge in [0.1, 0.15) is 11.0 Å². The van der Waals surface area contributed by atoms with Crippen LogP contribution < -0.4 is 4.90 Å². The smallest absolute Gasteiger partial charge is 0.350 e. The SMILES string of the molecule is COC(=O)c1sc(-c2ccccc2)cc1N(C(=O)C1CCC(C)CO1)C(C)C. The molecular formula is C22H27NO4S. The molecule has 0 aliphatic carbocycles. The molecule has 0 N–H and O–H groups in total. The third kappa shape index (κ3) is 4.28. The molecule has 1 aliphatic rings. The van der Waals surface area contributed by atoms with Crippen LogP contribution in [0, 0.1) is 5.92 Å². The van der Waals surface area contributed by atoms with Crippen LogP contribution in [0.25, 0.3) is 10.4 Å². The Bertz CT molecular complexity index is 822. The molecule has 1 aromatic heterocycles. The largest absolute Gasteiger partial charge is 0.465 e. The number of benzene rings is 1. The lowest BCUT2D eigenvalue weighted by molar-refractivity contribution is -0.134. The quantitative estimate of drug-likeness (QED) is 0.678. The Kier molecular flexibility index (Phi) is 6.52. The van der Waals surface area contributed by atoms with Gasteiger partial charge in [-0.3, -0.25) is 4.79 Å². The van der Waals surface area contributed by atoms with E-state index < -0.39 is 12.1 Å². The molecular weight excluding hydrogens is 374 g/mol. The lowest BCUT2D eigenvalue weighted by atomic mass is 9.99. The molecule has 5 nitrogen and oxygen atoms in total. The average molecular weight is 402 g/mol. The Labute approximate surface area is 170 Å². The van der Waals surface area contributed by atoms with Gasteiger partial charge in [0.2, 0.25) is 0 Å². The molecule has 0 spiro atoms. The number of hydrogen-bond acceptors (Lipinski definition) is 5. The highest BCUT2D eigenvalue weighted by atomic mass is 32.1. The van der Waals surface area contributed by atoms with E-state index in [1.807, 2.05) is 50.2 Å². The van der Waals surface area contributed by atoms with Crippen LogP contribution in [-0.2, 0) is 14.3 Å². The summed E-state index contributed by atoms with van der Waals surface area (Å²) in [6, 6.07) is 11.6. The Morgan fingerprint density at radius 1 is 1.21 bits per heavy atom. The molecule has 1 aliphatic heterocycles. The van der Waals surface area contributed by atoms with E-state index in [0.29, 0.717) is 29.5 Å². The Morgan fingerprint density at radius 2 is 1.93 bits per heavy atom. The van der Waals surface area contributed by atoms with Crippen LogP contribution in [0.3, 0.4) is 0 Å². The molecule has 0 saturated carbocycles. The number of esters is 1. The zero-order chi connectivity index (χ0) is 20.3. The molecule has 2 atom stereocenters. The molecule has 2 unspecified atom stereocenters. The third-order valence-electron chi connectivity index (χ3n) is 4.93. The van der Waals surface area contributed by atoms with Crippen molar-refractivity contribution in [2.75, 3.05) is 18.6 Å². The number of amides is 1. The van der Waals surface area contributed by atoms with Gasteiger partial charge in [0.05, 0.1) is 19.4 Å². The minimum absolute atomic E-state index is 0.0931. The molecule has 0 radical (unpaired) electrons. The molecule has 150 valence electrons. The zero-order valence-corrected chi connectivity index (χ0v) is 17.6. The Morgan fingerprint density at radius 3 is 2.50 bits per heavy atom. The van der Waals surface area contributed by atoms with Crippen molar-refractivity contribution >= 4 is 28.9 Å². The maximum absolute atomic E-state index is 13.3. The second-order valence-electron chi connectivity index (χ2n) is 7.49. The molecule has 1 amide bonds. The highest BCUT2D eigenvalue weighted by Crippen LogP contribution is 2.39. The van der Waals surface area contributed by atoms with E-state index in [2.05, 4.69) is 6.92 Å². The van der Waals surface area contributed by atoms with Crippen molar-refractivity contribution in [3.63, 3.8) is 0 Å². The predicted octanol–water partition coefficient (Wildman–Crippen LogP) is 4.76. The van der Waals surface area contributed by atoms with Crippen LogP contribution in [0.15, 0.2) is 36.4 Å². The van der Waals surface area contributed by atoms with Crippen LogP contribution in [0.4, 0.5) is 5.69 Å². The van der Waals surface area contributed by atoms with Crippen molar-refractivity contribution in [2.45, 2.75) is 45.8 Å². The molecule has 1 aromatic carbocycles. The van der Waals surface area contributed by atoms with E-state index >= 15 is 0 Å². The first-order valence-electron chi connectivity index (χ1n) is 9.64. The lowest BCUT2D eigenvalue weighted by Gasteiger charge is -2.33. The minimum Gasteiger partial charge on any atom is -0.465 e. The van der Waals surface area contributed by atoms with Crippen molar-refractivity contribution in [3.8, 4) is 10.4 Å². The number of nitrogens with zero attached hydrogens (tertiary/aromatic N) is 1. The van der Waals surface area contributed by atoms with Gasteiger partial charge in [0.25, 0.3) is 5.91 Å². The second kappa shape index (κ2) is 8.88. The number of rotatable bonds is 5. The first-order chi connectivity index (χ1) is 13.4. The molecule has 0 bridgehead atoms. The summed E-state index contributed by atoms with van der Waals surface area (Å²) < 4.78 is 10.8. The van der Waals surface area contributed by atoms with Crippen molar-refractivity contribution < 1.29 is 19.1 Å². The summed E-state index contributed by atoms with van der Waals surface area (Å²) in [5.41, 5.74) is 1.60. The number of carbonyl (C=O) groups is 2. The molecule has 3 rings (SSSR count). The summed E-state index contributed by atoms with van der Waals surface area (Å²) in [7, 11) is 1.36. The van der Waals surface area contributed by atoms with Gasteiger partial charge < -0.3 is 14.4 Å². The first kappa shape index (κ1) is 20.6. The predicted molar refractivity (Wildman–Crippen MR) is 112 cm³/mol. The number of anilines is 1. The van der Waals surface area contributed by atoms with Gasteiger partial charge in [-0.2, -0.15) is 0 Å². The summed E-state index contributed by atoms with van der Waals surface area (Å²) in [5.74, 6) is -0.0590. The van der Waals surface area contributed by atoms with Crippen molar-refractivity contribution in [1.29, 1.82) is 0 Å². The highest BCUT2D eigenvalue weighted by molar-refractivity contribution is 7.18. The Hall–Kier alpha value is -2.18. The van der Waals surface area contributed by atoms with E-state index in [1.165, 1.54) is 18.4 Å². The highest BCUT2D eigenvalue weighted by Gasteiger charge is 2.34. The molecule has 2 heterocycles. The number of methoxy groups -OCH3 is 1. The van der Waals surface area contributed by atoms with Crippen molar-refractivity contribution in [1.82, 2.24) is 0 Å². The maximum atomic E-state index is 13.3. The van der Waals surface area contributed by atoms with Gasteiger partial charge in [-0.1, -0.05) is 37.3 Å². The van der Waals surface area contributed by atoms with Gasteiger partial charge in [0, 0.05) is 10.9 Å². The number of ether oxygens (including phenoxy) is 2. The summed E-state index contributed by atoms with van der Waals surface area (Å²) in [4.78, 5) is 28.8. The van der Waals surface area contributed by atoms with Gasteiger partial charge >= 0.3 is 5.97 Å². The number of carbonyl (C=O) groups excluding carboxylic acids is 2. The van der Waals surface area contributed by atoms with Gasteiger partial charge in [-0.15, -0.1) is 11.3 Å². The fourth-order valence-electron chi connectivity index (χ4n) is 3.43. The van der Waals surface area contributed by atoms with Crippen LogP contribution in [0.1, 0.15) is 43.3 Å². The zero-order valence-electron chi connectivity index (χ0n) is 16.8. The van der Waals surface area contributed by atoms with E-state index in [4.69, 9.17) is 9.47 Å². The first-order valence-corrected chi connectivity index (χ1v) is 10.5. The van der Waals surface area contributed by atoms with Crippen LogP contribution in [0.2, 0.25) is 0 Å². The van der Waals surface area contributed by atoms with Gasteiger partial charge in [-0.05, 0) is 44.2 Å². The fraction of sp³-hybridized carbons (Fsp3) is 0.455.